The summed E-state index contributed by atoms with van der Waals surface area (Å²) in [5.74, 6) is 1.62. The number of hydrogen-bond donors (Lipinski definition) is 2. The van der Waals surface area contributed by atoms with Crippen molar-refractivity contribution >= 4 is 57.2 Å². The van der Waals surface area contributed by atoms with Crippen molar-refractivity contribution in [2.24, 2.45) is 0 Å². The van der Waals surface area contributed by atoms with Gasteiger partial charge >= 0.3 is 0 Å². The maximum Gasteiger partial charge on any atom is 0.262 e. The lowest BCUT2D eigenvalue weighted by Crippen LogP contribution is -2.20. The third-order valence-corrected chi connectivity index (χ3v) is 5.44. The summed E-state index contributed by atoms with van der Waals surface area (Å²) in [6, 6.07) is 20.0. The van der Waals surface area contributed by atoms with Gasteiger partial charge in [-0.05, 0) is 79.2 Å². The van der Waals surface area contributed by atoms with Crippen LogP contribution in [0.25, 0.3) is 10.9 Å². The molecule has 2 N–H and O–H groups in total. The zero-order valence-corrected chi connectivity index (χ0v) is 19.5. The van der Waals surface area contributed by atoms with E-state index in [2.05, 4.69) is 15.6 Å². The predicted octanol–water partition coefficient (Wildman–Crippen LogP) is 6.62. The van der Waals surface area contributed by atoms with Crippen molar-refractivity contribution in [3.8, 4) is 11.5 Å². The highest BCUT2D eigenvalue weighted by Gasteiger charge is 2.09. The van der Waals surface area contributed by atoms with Gasteiger partial charge in [-0.2, -0.15) is 0 Å². The first-order chi connectivity index (χ1) is 15.9. The molecular formula is C25H21Cl2N3O3. The van der Waals surface area contributed by atoms with Gasteiger partial charge in [0.2, 0.25) is 0 Å². The zero-order chi connectivity index (χ0) is 23.4. The molecule has 0 radical (unpaired) electrons. The van der Waals surface area contributed by atoms with Crippen LogP contribution in [0.4, 0.5) is 17.2 Å². The fourth-order valence-electron chi connectivity index (χ4n) is 3.29. The third kappa shape index (κ3) is 5.66. The lowest BCUT2D eigenvalue weighted by Gasteiger charge is -2.12. The van der Waals surface area contributed by atoms with Gasteiger partial charge in [0.1, 0.15) is 17.3 Å². The van der Waals surface area contributed by atoms with E-state index >= 15 is 0 Å². The molecule has 1 amide bonds. The van der Waals surface area contributed by atoms with Gasteiger partial charge in [0.25, 0.3) is 5.91 Å². The Labute approximate surface area is 201 Å². The molecule has 168 valence electrons. The van der Waals surface area contributed by atoms with Crippen molar-refractivity contribution in [2.45, 2.75) is 6.92 Å². The maximum absolute atomic E-state index is 12.3. The Balaban J connectivity index is 1.44. The Morgan fingerprint density at radius 3 is 2.45 bits per heavy atom. The number of nitrogens with zero attached hydrogens (tertiary/aromatic N) is 1. The highest BCUT2D eigenvalue weighted by Crippen LogP contribution is 2.28. The van der Waals surface area contributed by atoms with Crippen LogP contribution in [-0.2, 0) is 4.79 Å². The molecule has 0 bridgehead atoms. The van der Waals surface area contributed by atoms with E-state index in [9.17, 15) is 4.79 Å². The summed E-state index contributed by atoms with van der Waals surface area (Å²) in [6.45, 7) is 1.82. The van der Waals surface area contributed by atoms with Crippen LogP contribution in [0.2, 0.25) is 10.0 Å². The molecule has 0 aliphatic rings. The van der Waals surface area contributed by atoms with Crippen LogP contribution < -0.4 is 20.1 Å². The Kier molecular flexibility index (Phi) is 6.87. The molecule has 3 aromatic carbocycles. The number of pyridine rings is 1. The van der Waals surface area contributed by atoms with E-state index in [-0.39, 0.29) is 12.5 Å². The monoisotopic (exact) mass is 481 g/mol. The normalized spacial score (nSPS) is 10.7. The number of halogens is 2. The van der Waals surface area contributed by atoms with Crippen molar-refractivity contribution in [1.82, 2.24) is 4.98 Å². The summed E-state index contributed by atoms with van der Waals surface area (Å²) >= 11 is 12.0. The fraction of sp³-hybridized carbons (Fsp3) is 0.120. The molecule has 1 heterocycles. The minimum absolute atomic E-state index is 0.179. The molecule has 1 aromatic heterocycles. The van der Waals surface area contributed by atoms with Gasteiger partial charge in [-0.25, -0.2) is 4.98 Å². The molecular weight excluding hydrogens is 461 g/mol. The molecule has 33 heavy (non-hydrogen) atoms. The molecule has 0 aliphatic carbocycles. The van der Waals surface area contributed by atoms with E-state index in [4.69, 9.17) is 32.7 Å². The summed E-state index contributed by atoms with van der Waals surface area (Å²) in [7, 11) is 1.63. The number of methoxy groups -OCH3 is 1. The number of benzene rings is 3. The van der Waals surface area contributed by atoms with Crippen LogP contribution in [-0.4, -0.2) is 24.6 Å². The summed E-state index contributed by atoms with van der Waals surface area (Å²) in [4.78, 5) is 17.0. The number of nitrogens with one attached hydrogen (secondary N) is 2. The lowest BCUT2D eigenvalue weighted by atomic mass is 10.1. The van der Waals surface area contributed by atoms with Crippen molar-refractivity contribution < 1.29 is 14.3 Å². The first-order valence-corrected chi connectivity index (χ1v) is 10.9. The van der Waals surface area contributed by atoms with Gasteiger partial charge < -0.3 is 20.1 Å². The number of carbonyl (C=O) groups is 1. The second-order valence-corrected chi connectivity index (χ2v) is 8.17. The van der Waals surface area contributed by atoms with Gasteiger partial charge in [0.05, 0.1) is 17.6 Å². The van der Waals surface area contributed by atoms with Crippen LogP contribution in [0.5, 0.6) is 11.5 Å². The van der Waals surface area contributed by atoms with Crippen molar-refractivity contribution in [1.29, 1.82) is 0 Å². The van der Waals surface area contributed by atoms with Gasteiger partial charge in [-0.3, -0.25) is 4.79 Å². The summed E-state index contributed by atoms with van der Waals surface area (Å²) in [5, 5.41) is 7.93. The number of rotatable bonds is 7. The molecule has 0 spiro atoms. The molecule has 4 rings (SSSR count). The Bertz CT molecular complexity index is 1310. The quantitative estimate of drug-likeness (QED) is 0.310. The average Bonchev–Trinajstić information content (AvgIpc) is 2.79. The van der Waals surface area contributed by atoms with Crippen LogP contribution in [0.15, 0.2) is 66.7 Å². The Morgan fingerprint density at radius 2 is 1.73 bits per heavy atom. The average molecular weight is 482 g/mol. The van der Waals surface area contributed by atoms with Crippen LogP contribution in [0.3, 0.4) is 0 Å². The van der Waals surface area contributed by atoms with E-state index in [0.717, 1.165) is 33.7 Å². The number of amides is 1. The summed E-state index contributed by atoms with van der Waals surface area (Å²) < 4.78 is 10.7. The van der Waals surface area contributed by atoms with Crippen LogP contribution in [0.1, 0.15) is 5.56 Å². The number of hydrogen-bond acceptors (Lipinski definition) is 5. The smallest absolute Gasteiger partial charge is 0.262 e. The number of carbonyl (C=O) groups excluding carboxylic acids is 1. The number of aryl methyl sites for hydroxylation is 1. The summed E-state index contributed by atoms with van der Waals surface area (Å²) in [6.07, 6.45) is 0. The molecule has 0 saturated carbocycles. The first-order valence-electron chi connectivity index (χ1n) is 10.1. The van der Waals surface area contributed by atoms with E-state index in [1.165, 1.54) is 0 Å². The van der Waals surface area contributed by atoms with E-state index in [1.807, 2.05) is 49.4 Å². The molecule has 4 aromatic rings. The maximum atomic E-state index is 12.3. The van der Waals surface area contributed by atoms with E-state index in [0.29, 0.717) is 21.5 Å². The number of ether oxygens (including phenoxy) is 2. The second kappa shape index (κ2) is 9.98. The predicted molar refractivity (Wildman–Crippen MR) is 133 cm³/mol. The van der Waals surface area contributed by atoms with Crippen LogP contribution >= 0.6 is 23.2 Å². The lowest BCUT2D eigenvalue weighted by molar-refractivity contribution is -0.118. The van der Waals surface area contributed by atoms with Gasteiger partial charge in [-0.15, -0.1) is 0 Å². The molecule has 8 heteroatoms. The van der Waals surface area contributed by atoms with Gasteiger partial charge in [0.15, 0.2) is 6.61 Å². The van der Waals surface area contributed by atoms with Crippen molar-refractivity contribution in [2.75, 3.05) is 24.4 Å². The molecule has 0 atom stereocenters. The number of anilines is 3. The standard InChI is InChI=1S/C25H21Cl2N3O3/c1-15-11-24(28-17-4-7-19(32-2)8-5-17)30-22-9-6-18(13-20(15)22)29-25(31)14-33-23-10-3-16(26)12-21(23)27/h3-13H,14H2,1-2H3,(H,28,30)(H,29,31). The minimum Gasteiger partial charge on any atom is -0.497 e. The topological polar surface area (TPSA) is 72.5 Å². The molecule has 0 fully saturated rings. The third-order valence-electron chi connectivity index (χ3n) is 4.91. The highest BCUT2D eigenvalue weighted by atomic mass is 35.5. The largest absolute Gasteiger partial charge is 0.497 e. The second-order valence-electron chi connectivity index (χ2n) is 7.32. The highest BCUT2D eigenvalue weighted by molar-refractivity contribution is 6.35. The number of fused-ring (bicyclic) bond motifs is 1. The van der Waals surface area contributed by atoms with E-state index < -0.39 is 0 Å². The van der Waals surface area contributed by atoms with Gasteiger partial charge in [-0.1, -0.05) is 23.2 Å². The Morgan fingerprint density at radius 1 is 0.970 bits per heavy atom. The minimum atomic E-state index is -0.302. The molecule has 0 unspecified atom stereocenters. The van der Waals surface area contributed by atoms with Crippen LogP contribution in [0, 0.1) is 6.92 Å². The first kappa shape index (κ1) is 22.7. The Hall–Kier alpha value is -3.48. The fourth-order valence-corrected chi connectivity index (χ4v) is 3.75. The summed E-state index contributed by atoms with van der Waals surface area (Å²) in [5.41, 5.74) is 3.40. The molecule has 0 saturated heterocycles. The molecule has 0 aliphatic heterocycles. The van der Waals surface area contributed by atoms with Crippen molar-refractivity contribution in [3.05, 3.63) is 82.3 Å². The van der Waals surface area contributed by atoms with Gasteiger partial charge in [0, 0.05) is 21.8 Å². The SMILES string of the molecule is COc1ccc(Nc2cc(C)c3cc(NC(=O)COc4ccc(Cl)cc4Cl)ccc3n2)cc1. The zero-order valence-electron chi connectivity index (χ0n) is 18.0. The van der Waals surface area contributed by atoms with Crippen molar-refractivity contribution in [3.63, 3.8) is 0 Å². The molecule has 6 nitrogen and oxygen atoms in total. The number of aromatic nitrogens is 1. The van der Waals surface area contributed by atoms with E-state index in [1.54, 1.807) is 31.4 Å².